The monoisotopic (exact) mass is 192 g/mol. The van der Waals surface area contributed by atoms with Crippen LogP contribution >= 0.6 is 0 Å². The summed E-state index contributed by atoms with van der Waals surface area (Å²) in [5.41, 5.74) is 1.63. The van der Waals surface area contributed by atoms with Gasteiger partial charge < -0.3 is 5.32 Å². The van der Waals surface area contributed by atoms with Gasteiger partial charge in [-0.05, 0) is 25.5 Å². The minimum Gasteiger partial charge on any atom is -0.385 e. The highest BCUT2D eigenvalue weighted by Crippen LogP contribution is 2.20. The van der Waals surface area contributed by atoms with E-state index >= 15 is 0 Å². The Morgan fingerprint density at radius 1 is 1.50 bits per heavy atom. The molecule has 0 aromatic heterocycles. The second kappa shape index (κ2) is 4.61. The zero-order valence-electron chi connectivity index (χ0n) is 8.39. The molecule has 0 aliphatic heterocycles. The Labute approximate surface area is 83.4 Å². The Bertz CT molecular complexity index is 366. The van der Waals surface area contributed by atoms with E-state index in [1.165, 1.54) is 6.07 Å². The molecule has 1 rings (SSSR count). The van der Waals surface area contributed by atoms with Crippen LogP contribution in [0.25, 0.3) is 0 Å². The molecule has 74 valence electrons. The van der Waals surface area contributed by atoms with Crippen LogP contribution in [0.15, 0.2) is 12.1 Å². The second-order valence-corrected chi connectivity index (χ2v) is 3.17. The number of nitrogens with zero attached hydrogens (tertiary/aromatic N) is 1. The van der Waals surface area contributed by atoms with Gasteiger partial charge in [-0.1, -0.05) is 6.92 Å². The van der Waals surface area contributed by atoms with Crippen molar-refractivity contribution in [3.63, 3.8) is 0 Å². The van der Waals surface area contributed by atoms with Gasteiger partial charge in [0.25, 0.3) is 0 Å². The smallest absolute Gasteiger partial charge is 0.129 e. The molecule has 0 unspecified atom stereocenters. The minimum absolute atomic E-state index is 0.331. The molecule has 3 heteroatoms. The molecule has 0 spiro atoms. The summed E-state index contributed by atoms with van der Waals surface area (Å²) in [7, 11) is 0. The Kier molecular flexibility index (Phi) is 3.47. The molecular weight excluding hydrogens is 179 g/mol. The highest BCUT2D eigenvalue weighted by molar-refractivity contribution is 5.55. The third-order valence-corrected chi connectivity index (χ3v) is 2.04. The number of hydrogen-bond acceptors (Lipinski definition) is 2. The normalized spacial score (nSPS) is 9.57. The van der Waals surface area contributed by atoms with E-state index < -0.39 is 0 Å². The zero-order chi connectivity index (χ0) is 10.6. The average Bonchev–Trinajstić information content (AvgIpc) is 2.20. The molecule has 0 aliphatic carbocycles. The van der Waals surface area contributed by atoms with E-state index in [1.54, 1.807) is 13.0 Å². The van der Waals surface area contributed by atoms with Gasteiger partial charge in [0.2, 0.25) is 0 Å². The lowest BCUT2D eigenvalue weighted by Crippen LogP contribution is -2.03. The van der Waals surface area contributed by atoms with Gasteiger partial charge in [-0.25, -0.2) is 4.39 Å². The number of anilines is 1. The molecule has 0 heterocycles. The third kappa shape index (κ3) is 2.23. The largest absolute Gasteiger partial charge is 0.385 e. The summed E-state index contributed by atoms with van der Waals surface area (Å²) in [4.78, 5) is 0. The lowest BCUT2D eigenvalue weighted by Gasteiger charge is -2.09. The van der Waals surface area contributed by atoms with Gasteiger partial charge in [-0.15, -0.1) is 0 Å². The molecule has 0 atom stereocenters. The van der Waals surface area contributed by atoms with E-state index in [4.69, 9.17) is 5.26 Å². The maximum Gasteiger partial charge on any atom is 0.129 e. The standard InChI is InChI=1S/C11H13FN2/c1-3-4-14-11-6-9(7-13)5-10(12)8(11)2/h5-6,14H,3-4H2,1-2H3. The molecule has 0 saturated carbocycles. The van der Waals surface area contributed by atoms with Crippen molar-refractivity contribution in [2.45, 2.75) is 20.3 Å². The number of rotatable bonds is 3. The first-order valence-corrected chi connectivity index (χ1v) is 4.63. The molecule has 0 fully saturated rings. The van der Waals surface area contributed by atoms with Crippen LogP contribution in [0, 0.1) is 24.1 Å². The Morgan fingerprint density at radius 3 is 2.79 bits per heavy atom. The quantitative estimate of drug-likeness (QED) is 0.799. The summed E-state index contributed by atoms with van der Waals surface area (Å²) in [6.45, 7) is 4.52. The molecule has 0 amide bonds. The molecule has 0 aliphatic rings. The fourth-order valence-electron chi connectivity index (χ4n) is 1.19. The SMILES string of the molecule is CCCNc1cc(C#N)cc(F)c1C. The molecular formula is C11H13FN2. The molecule has 1 aromatic rings. The van der Waals surface area contributed by atoms with Gasteiger partial charge in [0.05, 0.1) is 11.6 Å². The Balaban J connectivity index is 3.02. The summed E-state index contributed by atoms with van der Waals surface area (Å²) in [5, 5.41) is 11.7. The summed E-state index contributed by atoms with van der Waals surface area (Å²) in [6, 6.07) is 4.86. The van der Waals surface area contributed by atoms with E-state index in [2.05, 4.69) is 5.32 Å². The van der Waals surface area contributed by atoms with Crippen LogP contribution in [-0.4, -0.2) is 6.54 Å². The molecule has 1 aromatic carbocycles. The van der Waals surface area contributed by atoms with Crippen molar-refractivity contribution in [3.8, 4) is 6.07 Å². The van der Waals surface area contributed by atoms with Gasteiger partial charge >= 0.3 is 0 Å². The van der Waals surface area contributed by atoms with Crippen LogP contribution < -0.4 is 5.32 Å². The molecule has 0 saturated heterocycles. The number of benzene rings is 1. The van der Waals surface area contributed by atoms with Crippen molar-refractivity contribution >= 4 is 5.69 Å². The lowest BCUT2D eigenvalue weighted by molar-refractivity contribution is 0.618. The van der Waals surface area contributed by atoms with Gasteiger partial charge in [0.1, 0.15) is 5.82 Å². The van der Waals surface area contributed by atoms with Gasteiger partial charge in [-0.3, -0.25) is 0 Å². The van der Waals surface area contributed by atoms with Gasteiger partial charge in [0.15, 0.2) is 0 Å². The maximum absolute atomic E-state index is 13.3. The van der Waals surface area contributed by atoms with Crippen molar-refractivity contribution in [1.29, 1.82) is 5.26 Å². The first-order chi connectivity index (χ1) is 6.69. The first-order valence-electron chi connectivity index (χ1n) is 4.63. The van der Waals surface area contributed by atoms with E-state index in [0.717, 1.165) is 13.0 Å². The van der Waals surface area contributed by atoms with Crippen molar-refractivity contribution in [3.05, 3.63) is 29.1 Å². The molecule has 1 N–H and O–H groups in total. The van der Waals surface area contributed by atoms with Crippen LogP contribution in [0.2, 0.25) is 0 Å². The van der Waals surface area contributed by atoms with Crippen molar-refractivity contribution in [2.75, 3.05) is 11.9 Å². The fraction of sp³-hybridized carbons (Fsp3) is 0.364. The average molecular weight is 192 g/mol. The highest BCUT2D eigenvalue weighted by atomic mass is 19.1. The topological polar surface area (TPSA) is 35.8 Å². The van der Waals surface area contributed by atoms with Crippen LogP contribution in [0.3, 0.4) is 0 Å². The summed E-state index contributed by atoms with van der Waals surface area (Å²) >= 11 is 0. The minimum atomic E-state index is -0.331. The van der Waals surface area contributed by atoms with Gasteiger partial charge in [0, 0.05) is 17.8 Å². The first kappa shape index (κ1) is 10.5. The highest BCUT2D eigenvalue weighted by Gasteiger charge is 2.05. The Morgan fingerprint density at radius 2 is 2.21 bits per heavy atom. The maximum atomic E-state index is 13.3. The third-order valence-electron chi connectivity index (χ3n) is 2.04. The molecule has 0 radical (unpaired) electrons. The van der Waals surface area contributed by atoms with Gasteiger partial charge in [-0.2, -0.15) is 5.26 Å². The summed E-state index contributed by atoms with van der Waals surface area (Å²) in [5.74, 6) is -0.331. The number of nitriles is 1. The van der Waals surface area contributed by atoms with Crippen LogP contribution in [-0.2, 0) is 0 Å². The van der Waals surface area contributed by atoms with Crippen LogP contribution in [0.4, 0.5) is 10.1 Å². The summed E-state index contributed by atoms with van der Waals surface area (Å²) < 4.78 is 13.3. The molecule has 0 bridgehead atoms. The lowest BCUT2D eigenvalue weighted by atomic mass is 10.1. The van der Waals surface area contributed by atoms with Crippen molar-refractivity contribution in [1.82, 2.24) is 0 Å². The zero-order valence-corrected chi connectivity index (χ0v) is 8.39. The van der Waals surface area contributed by atoms with E-state index in [-0.39, 0.29) is 5.82 Å². The van der Waals surface area contributed by atoms with Crippen molar-refractivity contribution in [2.24, 2.45) is 0 Å². The molecule has 14 heavy (non-hydrogen) atoms. The second-order valence-electron chi connectivity index (χ2n) is 3.17. The number of nitrogens with one attached hydrogen (secondary N) is 1. The van der Waals surface area contributed by atoms with Crippen LogP contribution in [0.1, 0.15) is 24.5 Å². The predicted octanol–water partition coefficient (Wildman–Crippen LogP) is 2.83. The predicted molar refractivity (Wildman–Crippen MR) is 54.6 cm³/mol. The fourth-order valence-corrected chi connectivity index (χ4v) is 1.19. The van der Waals surface area contributed by atoms with Crippen LogP contribution in [0.5, 0.6) is 0 Å². The number of hydrogen-bond donors (Lipinski definition) is 1. The summed E-state index contributed by atoms with van der Waals surface area (Å²) in [6.07, 6.45) is 0.970. The Hall–Kier alpha value is -1.56. The molecule has 2 nitrogen and oxygen atoms in total. The van der Waals surface area contributed by atoms with E-state index in [0.29, 0.717) is 16.8 Å². The van der Waals surface area contributed by atoms with E-state index in [9.17, 15) is 4.39 Å². The van der Waals surface area contributed by atoms with Crippen molar-refractivity contribution < 1.29 is 4.39 Å². The number of halogens is 1. The van der Waals surface area contributed by atoms with E-state index in [1.807, 2.05) is 13.0 Å².